The first kappa shape index (κ1) is 55.9. The number of phosphoric acid groups is 2. The van der Waals surface area contributed by atoms with E-state index in [0.717, 1.165) is 74.5 Å². The maximum atomic E-state index is 12.8. The van der Waals surface area contributed by atoms with E-state index in [1.54, 1.807) is 0 Å². The van der Waals surface area contributed by atoms with Crippen LogP contribution in [0.4, 0.5) is 5.82 Å². The molecule has 1 fully saturated rings. The van der Waals surface area contributed by atoms with E-state index in [1.165, 1.54) is 63.9 Å². The van der Waals surface area contributed by atoms with Crippen molar-refractivity contribution >= 4 is 33.4 Å². The van der Waals surface area contributed by atoms with E-state index >= 15 is 0 Å². The predicted molar refractivity (Wildman–Crippen MR) is 234 cm³/mol. The van der Waals surface area contributed by atoms with Gasteiger partial charge in [-0.25, -0.2) is 13.9 Å². The van der Waals surface area contributed by atoms with Crippen molar-refractivity contribution in [3.63, 3.8) is 0 Å². The third-order valence-corrected chi connectivity index (χ3v) is 13.1. The number of esters is 2. The number of unbranched alkanes of at least 4 members (excludes halogenated alkanes) is 16. The van der Waals surface area contributed by atoms with Gasteiger partial charge in [0.2, 0.25) is 0 Å². The number of hydrogen-bond donors (Lipinski definition) is 5. The first-order valence-electron chi connectivity index (χ1n) is 22.8. The minimum atomic E-state index is -5.41. The highest BCUT2D eigenvalue weighted by atomic mass is 31.3. The number of nitrogens with zero attached hydrogens (tertiary/aromatic N) is 2. The number of aromatic nitrogens is 2. The number of nitrogen functional groups attached to an aromatic ring is 1. The second-order valence-electron chi connectivity index (χ2n) is 17.2. The summed E-state index contributed by atoms with van der Waals surface area (Å²) in [4.78, 5) is 61.6. The van der Waals surface area contributed by atoms with Crippen molar-refractivity contribution in [2.45, 2.75) is 200 Å². The molecule has 1 aliphatic heterocycles. The van der Waals surface area contributed by atoms with Crippen LogP contribution in [0, 0.1) is 11.8 Å². The van der Waals surface area contributed by atoms with E-state index < -0.39 is 83.7 Å². The van der Waals surface area contributed by atoms with Gasteiger partial charge in [-0.2, -0.15) is 9.29 Å². The molecule has 6 N–H and O–H groups in total. The Bertz CT molecular complexity index is 1560. The first-order valence-corrected chi connectivity index (χ1v) is 25.8. The fraction of sp³-hybridized carbons (Fsp3) is 0.857. The summed E-state index contributed by atoms with van der Waals surface area (Å²) in [7, 11) is -10.8. The second-order valence-corrected chi connectivity index (χ2v) is 20.3. The molecule has 0 radical (unpaired) electrons. The number of ether oxygens (including phenoxy) is 3. The molecule has 0 aliphatic carbocycles. The third kappa shape index (κ3) is 25.3. The van der Waals surface area contributed by atoms with Crippen LogP contribution in [0.5, 0.6) is 0 Å². The number of anilines is 1. The van der Waals surface area contributed by atoms with Crippen LogP contribution in [-0.4, -0.2) is 85.7 Å². The normalized spacial score (nSPS) is 20.3. The van der Waals surface area contributed by atoms with Gasteiger partial charge in [0, 0.05) is 19.0 Å². The SMILES string of the molecule is CC(C)CCCCCCCCCCCCCCC(=O)OC[C@H](COP(=O)(O)OP(=O)(O)OC[C@H]1O[C@@H](n2ccc(N)nc2=O)C(O)[C@H]1O)OC(=O)CCCCCCCCC(C)C. The highest BCUT2D eigenvalue weighted by Gasteiger charge is 2.46. The lowest BCUT2D eigenvalue weighted by atomic mass is 10.0. The Hall–Kier alpha value is -2.24. The molecule has 0 amide bonds. The van der Waals surface area contributed by atoms with E-state index in [-0.39, 0.29) is 18.7 Å². The lowest BCUT2D eigenvalue weighted by molar-refractivity contribution is -0.161. The standard InChI is InChI=1S/C42H77N3O15P2/c1-32(2)23-19-15-11-9-7-5-6-8-10-12-17-21-25-37(46)55-29-34(58-38(47)26-22-18-14-13-16-20-24-33(3)4)30-56-61(51,52)60-62(53,54)57-31-35-39(48)40(49)41(59-35)45-28-27-36(43)44-42(45)50/h27-28,32-35,39-41,48-49H,5-26,29-31H2,1-4H3,(H,51,52)(H,53,54)(H2,43,44,50)/t34-,35-,39+,40?,41-/m1/s1. The molecule has 0 aromatic carbocycles. The van der Waals surface area contributed by atoms with Crippen molar-refractivity contribution in [3.05, 3.63) is 22.7 Å². The van der Waals surface area contributed by atoms with Gasteiger partial charge in [0.25, 0.3) is 0 Å². The van der Waals surface area contributed by atoms with Crippen LogP contribution < -0.4 is 11.4 Å². The molecule has 0 spiro atoms. The van der Waals surface area contributed by atoms with Crippen LogP contribution in [0.15, 0.2) is 17.1 Å². The maximum Gasteiger partial charge on any atom is 0.481 e. The molecule has 0 bridgehead atoms. The summed E-state index contributed by atoms with van der Waals surface area (Å²) in [6, 6.07) is 1.25. The van der Waals surface area contributed by atoms with Gasteiger partial charge in [-0.05, 0) is 30.7 Å². The van der Waals surface area contributed by atoms with Gasteiger partial charge in [0.05, 0.1) is 13.2 Å². The third-order valence-electron chi connectivity index (χ3n) is 10.5. The summed E-state index contributed by atoms with van der Waals surface area (Å²) in [5.74, 6) is 0.150. The highest BCUT2D eigenvalue weighted by molar-refractivity contribution is 7.61. The van der Waals surface area contributed by atoms with Crippen LogP contribution in [0.2, 0.25) is 0 Å². The maximum absolute atomic E-state index is 12.8. The fourth-order valence-corrected chi connectivity index (χ4v) is 9.09. The zero-order valence-electron chi connectivity index (χ0n) is 37.5. The van der Waals surface area contributed by atoms with Gasteiger partial charge < -0.3 is 39.9 Å². The number of hydrogen-bond acceptors (Lipinski definition) is 15. The van der Waals surface area contributed by atoms with Gasteiger partial charge in [0.15, 0.2) is 12.3 Å². The van der Waals surface area contributed by atoms with Gasteiger partial charge in [-0.3, -0.25) is 23.2 Å². The van der Waals surface area contributed by atoms with Crippen LogP contribution in [0.3, 0.4) is 0 Å². The molecule has 1 aromatic rings. The quantitative estimate of drug-likeness (QED) is 0.0242. The number of phosphoric ester groups is 2. The van der Waals surface area contributed by atoms with Crippen molar-refractivity contribution in [1.82, 2.24) is 9.55 Å². The van der Waals surface area contributed by atoms with Crippen LogP contribution in [0.25, 0.3) is 0 Å². The van der Waals surface area contributed by atoms with Crippen molar-refractivity contribution in [3.8, 4) is 0 Å². The van der Waals surface area contributed by atoms with E-state index in [2.05, 4.69) is 37.0 Å². The van der Waals surface area contributed by atoms with Crippen molar-refractivity contribution in [2.24, 2.45) is 11.8 Å². The molecule has 360 valence electrons. The highest BCUT2D eigenvalue weighted by Crippen LogP contribution is 2.60. The molecule has 1 aliphatic rings. The zero-order valence-corrected chi connectivity index (χ0v) is 39.3. The fourth-order valence-electron chi connectivity index (χ4n) is 6.98. The molecule has 62 heavy (non-hydrogen) atoms. The lowest BCUT2D eigenvalue weighted by Crippen LogP contribution is -2.36. The van der Waals surface area contributed by atoms with Gasteiger partial charge in [0.1, 0.15) is 30.7 Å². The minimum Gasteiger partial charge on any atom is -0.462 e. The summed E-state index contributed by atoms with van der Waals surface area (Å²) in [5.41, 5.74) is 4.58. The number of aliphatic hydroxyl groups excluding tert-OH is 2. The molecule has 20 heteroatoms. The summed E-state index contributed by atoms with van der Waals surface area (Å²) in [5, 5.41) is 20.8. The molecular formula is C42H77N3O15P2. The van der Waals surface area contributed by atoms with Crippen molar-refractivity contribution in [1.29, 1.82) is 0 Å². The Labute approximate surface area is 368 Å². The van der Waals surface area contributed by atoms with E-state index in [1.807, 2.05) is 0 Å². The molecule has 1 saturated heterocycles. The number of carbonyl (C=O) groups excluding carboxylic acids is 2. The monoisotopic (exact) mass is 925 g/mol. The Morgan fingerprint density at radius 1 is 0.726 bits per heavy atom. The zero-order chi connectivity index (χ0) is 46.0. The van der Waals surface area contributed by atoms with E-state index in [4.69, 9.17) is 29.0 Å². The molecule has 2 heterocycles. The Balaban J connectivity index is 1.81. The summed E-state index contributed by atoms with van der Waals surface area (Å²) in [6.07, 6.45) is 15.4. The van der Waals surface area contributed by atoms with Crippen LogP contribution in [0.1, 0.15) is 175 Å². The summed E-state index contributed by atoms with van der Waals surface area (Å²) < 4.78 is 56.5. The predicted octanol–water partition coefficient (Wildman–Crippen LogP) is 8.04. The second kappa shape index (κ2) is 30.8. The van der Waals surface area contributed by atoms with Gasteiger partial charge in [-0.15, -0.1) is 0 Å². The number of rotatable bonds is 36. The Morgan fingerprint density at radius 3 is 1.69 bits per heavy atom. The number of nitrogens with two attached hydrogens (primary N) is 1. The molecule has 0 saturated carbocycles. The molecule has 3 unspecified atom stereocenters. The Morgan fingerprint density at radius 2 is 1.19 bits per heavy atom. The largest absolute Gasteiger partial charge is 0.481 e. The number of aliphatic hydroxyl groups is 2. The van der Waals surface area contributed by atoms with Crippen LogP contribution in [-0.2, 0) is 46.3 Å². The molecule has 1 aromatic heterocycles. The number of carbonyl (C=O) groups is 2. The molecular weight excluding hydrogens is 848 g/mol. The average Bonchev–Trinajstić information content (AvgIpc) is 3.47. The minimum absolute atomic E-state index is 0.0516. The molecule has 18 nitrogen and oxygen atoms in total. The van der Waals surface area contributed by atoms with Crippen LogP contribution >= 0.6 is 15.6 Å². The average molecular weight is 926 g/mol. The summed E-state index contributed by atoms with van der Waals surface area (Å²) >= 11 is 0. The first-order chi connectivity index (χ1) is 29.4. The molecule has 7 atom stereocenters. The van der Waals surface area contributed by atoms with E-state index in [9.17, 15) is 43.5 Å². The topological polar surface area (TPSA) is 265 Å². The smallest absolute Gasteiger partial charge is 0.462 e. The lowest BCUT2D eigenvalue weighted by Gasteiger charge is -2.21. The van der Waals surface area contributed by atoms with Crippen molar-refractivity contribution < 1.29 is 66.3 Å². The Kier molecular flexibility index (Phi) is 27.8. The van der Waals surface area contributed by atoms with Gasteiger partial charge in [-0.1, -0.05) is 143 Å². The van der Waals surface area contributed by atoms with Gasteiger partial charge >= 0.3 is 33.3 Å². The summed E-state index contributed by atoms with van der Waals surface area (Å²) in [6.45, 7) is 6.63. The van der Waals surface area contributed by atoms with E-state index in [0.29, 0.717) is 18.8 Å². The van der Waals surface area contributed by atoms with Crippen molar-refractivity contribution in [2.75, 3.05) is 25.6 Å². The molecule has 2 rings (SSSR count).